The van der Waals surface area contributed by atoms with E-state index in [0.29, 0.717) is 0 Å². The van der Waals surface area contributed by atoms with Gasteiger partial charge >= 0.3 is 41.5 Å². The van der Waals surface area contributed by atoms with Crippen molar-refractivity contribution >= 4 is 11.9 Å². The Morgan fingerprint density at radius 1 is 1.36 bits per heavy atom. The van der Waals surface area contributed by atoms with Crippen molar-refractivity contribution in [3.63, 3.8) is 0 Å². The van der Waals surface area contributed by atoms with Gasteiger partial charge in [0.05, 0.1) is 19.4 Å². The van der Waals surface area contributed by atoms with Crippen LogP contribution in [0.3, 0.4) is 0 Å². The fourth-order valence-corrected chi connectivity index (χ4v) is 0.601. The minimum Gasteiger partial charge on any atom is -1.00 e. The van der Waals surface area contributed by atoms with Crippen LogP contribution in [0.25, 0.3) is 0 Å². The molecule has 0 radical (unpaired) electrons. The number of nitrogens with one attached hydrogen (secondary N) is 1. The van der Waals surface area contributed by atoms with E-state index in [2.05, 4.69) is 15.1 Å². The zero-order valence-corrected chi connectivity index (χ0v) is 10.4. The second-order valence-electron chi connectivity index (χ2n) is 2.12. The van der Waals surface area contributed by atoms with Crippen molar-refractivity contribution in [3.05, 3.63) is 0 Å². The summed E-state index contributed by atoms with van der Waals surface area (Å²) < 4.78 is 4.50. The molecule has 0 aliphatic rings. The summed E-state index contributed by atoms with van der Waals surface area (Å²) in [4.78, 5) is 25.8. The van der Waals surface area contributed by atoms with Crippen LogP contribution in [0.5, 0.6) is 0 Å². The number of carbonyl (C=O) groups excluding carboxylic acids is 2. The Hall–Kier alpha value is -0.140. The van der Waals surface area contributed by atoms with Crippen LogP contribution in [0, 0.1) is 0 Å². The van der Waals surface area contributed by atoms with Crippen LogP contribution < -0.4 is 35.0 Å². The fourth-order valence-electron chi connectivity index (χ4n) is 0.601. The predicted molar refractivity (Wildman–Crippen MR) is 43.5 cm³/mol. The first-order chi connectivity index (χ1) is 6.20. The van der Waals surface area contributed by atoms with Crippen LogP contribution in [-0.2, 0) is 19.2 Å². The first kappa shape index (κ1) is 16.3. The van der Waals surface area contributed by atoms with Crippen molar-refractivity contribution in [1.82, 2.24) is 5.48 Å². The Labute approximate surface area is 106 Å². The number of carbonyl (C=O) groups is 2. The predicted octanol–water partition coefficient (Wildman–Crippen LogP) is -3.90. The van der Waals surface area contributed by atoms with E-state index in [-0.39, 0.29) is 57.0 Å². The molecule has 0 saturated carbocycles. The van der Waals surface area contributed by atoms with E-state index in [1.54, 1.807) is 0 Å². The normalized spacial score (nSPS) is 8.71. The standard InChI is InChI=1S/C7H13NO5.Na.H/c1-8-13-7(11)3-2-6(10)12-5-4-9;;/h8-9H,2-5H2,1H3;;/q;+1;-1. The van der Waals surface area contributed by atoms with Crippen LogP contribution >= 0.6 is 0 Å². The summed E-state index contributed by atoms with van der Waals surface area (Å²) in [7, 11) is 1.45. The van der Waals surface area contributed by atoms with Crippen molar-refractivity contribution in [2.24, 2.45) is 0 Å². The van der Waals surface area contributed by atoms with Crippen LogP contribution in [-0.4, -0.2) is 37.3 Å². The molecule has 0 rings (SSSR count). The number of esters is 1. The largest absolute Gasteiger partial charge is 1.00 e. The molecule has 0 aromatic carbocycles. The third-order valence-corrected chi connectivity index (χ3v) is 1.10. The second kappa shape index (κ2) is 10.9. The number of aliphatic hydroxyl groups is 1. The Bertz CT molecular complexity index is 181. The van der Waals surface area contributed by atoms with Crippen molar-refractivity contribution in [3.8, 4) is 0 Å². The van der Waals surface area contributed by atoms with Gasteiger partial charge in [-0.2, -0.15) is 5.48 Å². The van der Waals surface area contributed by atoms with Gasteiger partial charge in [-0.05, 0) is 0 Å². The van der Waals surface area contributed by atoms with Crippen LogP contribution in [0.4, 0.5) is 0 Å². The molecule has 0 aromatic rings. The molecular weight excluding hydrogens is 201 g/mol. The van der Waals surface area contributed by atoms with E-state index < -0.39 is 11.9 Å². The zero-order valence-electron chi connectivity index (χ0n) is 9.41. The van der Waals surface area contributed by atoms with Gasteiger partial charge in [-0.25, -0.2) is 0 Å². The molecule has 0 aliphatic carbocycles. The summed E-state index contributed by atoms with van der Waals surface area (Å²) >= 11 is 0. The first-order valence-electron chi connectivity index (χ1n) is 3.83. The van der Waals surface area contributed by atoms with Gasteiger partial charge in [0.2, 0.25) is 0 Å². The number of ether oxygens (including phenoxy) is 1. The molecule has 0 saturated heterocycles. The molecule has 0 atom stereocenters. The Morgan fingerprint density at radius 2 is 1.93 bits per heavy atom. The van der Waals surface area contributed by atoms with Crippen molar-refractivity contribution in [2.75, 3.05) is 20.3 Å². The van der Waals surface area contributed by atoms with Crippen LogP contribution in [0.1, 0.15) is 14.3 Å². The molecule has 0 aromatic heterocycles. The molecule has 2 N–H and O–H groups in total. The topological polar surface area (TPSA) is 84.9 Å². The average molecular weight is 215 g/mol. The first-order valence-corrected chi connectivity index (χ1v) is 3.83. The van der Waals surface area contributed by atoms with Gasteiger partial charge in [0, 0.05) is 7.05 Å². The number of hydrogen-bond donors (Lipinski definition) is 2. The maximum Gasteiger partial charge on any atom is 1.00 e. The molecule has 7 heteroatoms. The van der Waals surface area contributed by atoms with E-state index in [9.17, 15) is 9.59 Å². The van der Waals surface area contributed by atoms with E-state index in [1.807, 2.05) is 0 Å². The van der Waals surface area contributed by atoms with Crippen molar-refractivity contribution in [1.29, 1.82) is 0 Å². The van der Waals surface area contributed by atoms with Crippen LogP contribution in [0.15, 0.2) is 0 Å². The zero-order chi connectivity index (χ0) is 10.1. The van der Waals surface area contributed by atoms with Gasteiger partial charge in [-0.3, -0.25) is 9.59 Å². The molecule has 0 fully saturated rings. The van der Waals surface area contributed by atoms with Gasteiger partial charge in [0.25, 0.3) is 0 Å². The van der Waals surface area contributed by atoms with Gasteiger partial charge in [-0.15, -0.1) is 0 Å². The minimum absolute atomic E-state index is 0. The summed E-state index contributed by atoms with van der Waals surface area (Å²) in [5, 5.41) is 8.30. The molecule has 0 unspecified atom stereocenters. The third-order valence-electron chi connectivity index (χ3n) is 1.10. The molecule has 0 aliphatic heterocycles. The van der Waals surface area contributed by atoms with Crippen molar-refractivity contribution in [2.45, 2.75) is 12.8 Å². The molecule has 14 heavy (non-hydrogen) atoms. The van der Waals surface area contributed by atoms with Crippen molar-refractivity contribution < 1.29 is 55.3 Å². The maximum atomic E-state index is 10.7. The third kappa shape index (κ3) is 9.94. The number of hydroxylamine groups is 1. The molecular formula is C7H14NNaO5. The van der Waals surface area contributed by atoms with Gasteiger partial charge < -0.3 is 16.1 Å². The molecule has 6 nitrogen and oxygen atoms in total. The molecule has 0 spiro atoms. The summed E-state index contributed by atoms with van der Waals surface area (Å²) in [5.41, 5.74) is 2.19. The molecule has 0 bridgehead atoms. The van der Waals surface area contributed by atoms with E-state index in [1.165, 1.54) is 7.05 Å². The Kier molecular flexibility index (Phi) is 12.7. The van der Waals surface area contributed by atoms with Gasteiger partial charge in [-0.1, -0.05) is 0 Å². The average Bonchev–Trinajstić information content (AvgIpc) is 2.12. The van der Waals surface area contributed by atoms with Crippen LogP contribution in [0.2, 0.25) is 0 Å². The summed E-state index contributed by atoms with van der Waals surface area (Å²) in [6, 6.07) is 0. The summed E-state index contributed by atoms with van der Waals surface area (Å²) in [6.07, 6.45) is -0.0778. The van der Waals surface area contributed by atoms with E-state index in [4.69, 9.17) is 5.11 Å². The monoisotopic (exact) mass is 215 g/mol. The van der Waals surface area contributed by atoms with Gasteiger partial charge in [0.15, 0.2) is 0 Å². The summed E-state index contributed by atoms with van der Waals surface area (Å²) in [6.45, 7) is -0.257. The van der Waals surface area contributed by atoms with Gasteiger partial charge in [0.1, 0.15) is 6.61 Å². The number of hydrogen-bond acceptors (Lipinski definition) is 6. The Balaban J connectivity index is -0.000000720. The van der Waals surface area contributed by atoms with E-state index in [0.717, 1.165) is 0 Å². The smallest absolute Gasteiger partial charge is 1.00 e. The molecule has 0 heterocycles. The SMILES string of the molecule is CNOC(=O)CCC(=O)OCCO.[H-].[Na+]. The molecule has 78 valence electrons. The van der Waals surface area contributed by atoms with E-state index >= 15 is 0 Å². The number of aliphatic hydroxyl groups excluding tert-OH is 1. The fraction of sp³-hybridized carbons (Fsp3) is 0.714. The quantitative estimate of drug-likeness (QED) is 0.267. The number of rotatable bonds is 6. The second-order valence-corrected chi connectivity index (χ2v) is 2.12. The minimum atomic E-state index is -0.526. The summed E-state index contributed by atoms with van der Waals surface area (Å²) in [5.74, 6) is -1.05. The molecule has 0 amide bonds. The maximum absolute atomic E-state index is 10.7. The Morgan fingerprint density at radius 3 is 2.43 bits per heavy atom.